The highest BCUT2D eigenvalue weighted by atomic mass is 35.5. The van der Waals surface area contributed by atoms with E-state index in [1.165, 1.54) is 4.90 Å². The second-order valence-electron chi connectivity index (χ2n) is 8.41. The zero-order valence-corrected chi connectivity index (χ0v) is 19.6. The second kappa shape index (κ2) is 8.50. The summed E-state index contributed by atoms with van der Waals surface area (Å²) in [7, 11) is 1.92. The summed E-state index contributed by atoms with van der Waals surface area (Å²) in [5.74, 6) is -1.62. The van der Waals surface area contributed by atoms with E-state index in [2.05, 4.69) is 0 Å². The number of aliphatic hydroxyl groups is 1. The van der Waals surface area contributed by atoms with Crippen LogP contribution in [-0.4, -0.2) is 21.4 Å². The average Bonchev–Trinajstić information content (AvgIpc) is 3.32. The summed E-state index contributed by atoms with van der Waals surface area (Å²) in [5, 5.41) is 12.7. The van der Waals surface area contributed by atoms with Gasteiger partial charge in [0.25, 0.3) is 11.7 Å². The highest BCUT2D eigenvalue weighted by Crippen LogP contribution is 2.45. The van der Waals surface area contributed by atoms with Crippen LogP contribution in [0.3, 0.4) is 0 Å². The largest absolute Gasteiger partial charge is 0.507 e. The van der Waals surface area contributed by atoms with Gasteiger partial charge in [0.05, 0.1) is 11.6 Å². The van der Waals surface area contributed by atoms with Crippen LogP contribution in [0.5, 0.6) is 0 Å². The van der Waals surface area contributed by atoms with Crippen LogP contribution in [0.15, 0.2) is 84.6 Å². The normalized spacial score (nSPS) is 17.6. The van der Waals surface area contributed by atoms with Crippen molar-refractivity contribution in [1.82, 2.24) is 4.57 Å². The van der Waals surface area contributed by atoms with E-state index in [4.69, 9.17) is 11.6 Å². The Morgan fingerprint density at radius 3 is 2.44 bits per heavy atom. The Morgan fingerprint density at radius 1 is 1.00 bits per heavy atom. The number of carbonyl (C=O) groups excluding carboxylic acids is 2. The molecular weight excluding hydrogens is 448 g/mol. The molecule has 1 unspecified atom stereocenters. The molecule has 34 heavy (non-hydrogen) atoms. The SMILES string of the molecule is CCc1ccc(/C(O)=C2\C(=O)C(=O)N(c3cccc(Cl)c3)C2c2cn(C)c3ccccc23)cc1. The first kappa shape index (κ1) is 22.0. The lowest BCUT2D eigenvalue weighted by Gasteiger charge is -2.25. The Balaban J connectivity index is 1.79. The molecule has 5 nitrogen and oxygen atoms in total. The van der Waals surface area contributed by atoms with Gasteiger partial charge < -0.3 is 9.67 Å². The molecule has 1 aromatic heterocycles. The van der Waals surface area contributed by atoms with Crippen LogP contribution in [-0.2, 0) is 23.1 Å². The summed E-state index contributed by atoms with van der Waals surface area (Å²) in [4.78, 5) is 28.2. The number of halogens is 1. The number of aromatic nitrogens is 1. The van der Waals surface area contributed by atoms with Crippen LogP contribution in [0.4, 0.5) is 5.69 Å². The Morgan fingerprint density at radius 2 is 1.74 bits per heavy atom. The molecule has 4 aromatic rings. The highest BCUT2D eigenvalue weighted by Gasteiger charge is 2.47. The number of Topliss-reactive ketones (excluding diaryl/α,β-unsaturated/α-hetero) is 1. The molecule has 170 valence electrons. The monoisotopic (exact) mass is 470 g/mol. The number of carbonyl (C=O) groups is 2. The van der Waals surface area contributed by atoms with Gasteiger partial charge in [0.2, 0.25) is 0 Å². The van der Waals surface area contributed by atoms with Crippen molar-refractivity contribution in [3.05, 3.63) is 106 Å². The van der Waals surface area contributed by atoms with Crippen molar-refractivity contribution in [3.63, 3.8) is 0 Å². The van der Waals surface area contributed by atoms with E-state index in [9.17, 15) is 14.7 Å². The highest BCUT2D eigenvalue weighted by molar-refractivity contribution is 6.52. The van der Waals surface area contributed by atoms with Gasteiger partial charge in [0, 0.05) is 46.0 Å². The quantitative estimate of drug-likeness (QED) is 0.225. The number of amides is 1. The summed E-state index contributed by atoms with van der Waals surface area (Å²) in [6.45, 7) is 2.05. The predicted molar refractivity (Wildman–Crippen MR) is 135 cm³/mol. The number of para-hydroxylation sites is 1. The lowest BCUT2D eigenvalue weighted by Crippen LogP contribution is -2.29. The van der Waals surface area contributed by atoms with Crippen LogP contribution < -0.4 is 4.90 Å². The molecule has 1 N–H and O–H groups in total. The average molecular weight is 471 g/mol. The first-order chi connectivity index (χ1) is 16.4. The van der Waals surface area contributed by atoms with E-state index in [-0.39, 0.29) is 11.3 Å². The Hall–Kier alpha value is -3.83. The van der Waals surface area contributed by atoms with E-state index in [1.807, 2.05) is 61.1 Å². The Labute approximate surface area is 202 Å². The zero-order chi connectivity index (χ0) is 24.0. The van der Waals surface area contributed by atoms with Gasteiger partial charge in [-0.1, -0.05) is 67.1 Å². The van der Waals surface area contributed by atoms with Crippen LogP contribution in [0.25, 0.3) is 16.7 Å². The van der Waals surface area contributed by atoms with Crippen molar-refractivity contribution in [3.8, 4) is 0 Å². The van der Waals surface area contributed by atoms with Gasteiger partial charge in [-0.05, 0) is 36.2 Å². The van der Waals surface area contributed by atoms with Crippen molar-refractivity contribution < 1.29 is 14.7 Å². The first-order valence-corrected chi connectivity index (χ1v) is 11.5. The third-order valence-corrected chi connectivity index (χ3v) is 6.62. The topological polar surface area (TPSA) is 62.5 Å². The molecule has 2 heterocycles. The minimum atomic E-state index is -0.810. The van der Waals surface area contributed by atoms with Gasteiger partial charge in [0.1, 0.15) is 5.76 Å². The number of hydrogen-bond acceptors (Lipinski definition) is 3. The number of aliphatic hydroxyl groups excluding tert-OH is 1. The molecule has 5 rings (SSSR count). The molecule has 6 heteroatoms. The number of fused-ring (bicyclic) bond motifs is 1. The number of benzene rings is 3. The summed E-state index contributed by atoms with van der Waals surface area (Å²) in [6.07, 6.45) is 2.77. The molecular formula is C28H23ClN2O3. The fourth-order valence-electron chi connectivity index (χ4n) is 4.66. The number of ketones is 1. The van der Waals surface area contributed by atoms with Crippen LogP contribution in [0.2, 0.25) is 5.02 Å². The van der Waals surface area contributed by atoms with Crippen molar-refractivity contribution >= 4 is 45.6 Å². The zero-order valence-electron chi connectivity index (χ0n) is 18.8. The molecule has 3 aromatic carbocycles. The molecule has 1 saturated heterocycles. The van der Waals surface area contributed by atoms with Crippen LogP contribution in [0.1, 0.15) is 29.7 Å². The standard InChI is InChI=1S/C28H23ClN2O3/c1-3-17-11-13-18(14-12-17)26(32)24-25(22-16-30(2)23-10-5-4-9-21(22)23)31(28(34)27(24)33)20-8-6-7-19(29)15-20/h4-16,25,32H,3H2,1-2H3/b26-24+. The van der Waals surface area contributed by atoms with Gasteiger partial charge in [0.15, 0.2) is 0 Å². The fourth-order valence-corrected chi connectivity index (χ4v) is 4.85. The third-order valence-electron chi connectivity index (χ3n) is 6.39. The van der Waals surface area contributed by atoms with Gasteiger partial charge >= 0.3 is 0 Å². The number of anilines is 1. The van der Waals surface area contributed by atoms with Crippen LogP contribution in [0, 0.1) is 0 Å². The molecule has 0 spiro atoms. The van der Waals surface area contributed by atoms with Crippen LogP contribution >= 0.6 is 11.6 Å². The molecule has 1 amide bonds. The van der Waals surface area contributed by atoms with Crippen molar-refractivity contribution in [1.29, 1.82) is 0 Å². The maximum absolute atomic E-state index is 13.4. The van der Waals surface area contributed by atoms with Gasteiger partial charge in [-0.25, -0.2) is 0 Å². The minimum absolute atomic E-state index is 0.0607. The summed E-state index contributed by atoms with van der Waals surface area (Å²) >= 11 is 6.24. The maximum Gasteiger partial charge on any atom is 0.300 e. The molecule has 1 fully saturated rings. The number of rotatable bonds is 4. The maximum atomic E-state index is 13.4. The van der Waals surface area contributed by atoms with E-state index in [1.54, 1.807) is 36.4 Å². The summed E-state index contributed by atoms with van der Waals surface area (Å²) < 4.78 is 1.96. The van der Waals surface area contributed by atoms with Crippen molar-refractivity contribution in [2.45, 2.75) is 19.4 Å². The summed E-state index contributed by atoms with van der Waals surface area (Å²) in [5.41, 5.74) is 3.87. The Kier molecular flexibility index (Phi) is 5.50. The predicted octanol–water partition coefficient (Wildman–Crippen LogP) is 6.02. The fraction of sp³-hybridized carbons (Fsp3) is 0.143. The first-order valence-electron chi connectivity index (χ1n) is 11.1. The minimum Gasteiger partial charge on any atom is -0.507 e. The van der Waals surface area contributed by atoms with Crippen molar-refractivity contribution in [2.75, 3.05) is 4.90 Å². The molecule has 0 bridgehead atoms. The number of aryl methyl sites for hydroxylation is 2. The number of hydrogen-bond donors (Lipinski definition) is 1. The molecule has 1 aliphatic heterocycles. The molecule has 0 aliphatic carbocycles. The molecule has 1 aliphatic rings. The van der Waals surface area contributed by atoms with E-state index in [0.29, 0.717) is 16.3 Å². The molecule has 0 radical (unpaired) electrons. The number of nitrogens with zero attached hydrogens (tertiary/aromatic N) is 2. The molecule has 0 saturated carbocycles. The van der Waals surface area contributed by atoms with Gasteiger partial charge in [-0.15, -0.1) is 0 Å². The van der Waals surface area contributed by atoms with E-state index in [0.717, 1.165) is 28.5 Å². The second-order valence-corrected chi connectivity index (χ2v) is 8.85. The van der Waals surface area contributed by atoms with E-state index >= 15 is 0 Å². The third kappa shape index (κ3) is 3.49. The smallest absolute Gasteiger partial charge is 0.300 e. The lowest BCUT2D eigenvalue weighted by atomic mass is 9.94. The van der Waals surface area contributed by atoms with Crippen molar-refractivity contribution in [2.24, 2.45) is 7.05 Å². The lowest BCUT2D eigenvalue weighted by molar-refractivity contribution is -0.132. The van der Waals surface area contributed by atoms with Gasteiger partial charge in [-0.3, -0.25) is 14.5 Å². The molecule has 1 atom stereocenters. The Bertz CT molecular complexity index is 1470. The van der Waals surface area contributed by atoms with Gasteiger partial charge in [-0.2, -0.15) is 0 Å². The van der Waals surface area contributed by atoms with E-state index < -0.39 is 17.7 Å². The summed E-state index contributed by atoms with van der Waals surface area (Å²) in [6, 6.07) is 21.2.